The van der Waals surface area contributed by atoms with Crippen LogP contribution in [0.25, 0.3) is 0 Å². The number of aromatic nitrogens is 1. The van der Waals surface area contributed by atoms with Gasteiger partial charge in [0.1, 0.15) is 5.82 Å². The molecule has 2 bridgehead atoms. The first-order chi connectivity index (χ1) is 14.0. The van der Waals surface area contributed by atoms with Crippen molar-refractivity contribution >= 4 is 17.5 Å². The van der Waals surface area contributed by atoms with Crippen molar-refractivity contribution in [2.24, 2.45) is 11.3 Å². The Balaban J connectivity index is 1.34. The lowest BCUT2D eigenvalue weighted by atomic mass is 9.36. The molecular weight excluding hydrogens is 402 g/mol. The third-order valence-corrected chi connectivity index (χ3v) is 6.24. The molecular formula is C21H20F4N3O2+. The normalized spacial score (nSPS) is 25.5. The fourth-order valence-electron chi connectivity index (χ4n) is 4.60. The van der Waals surface area contributed by atoms with E-state index in [0.717, 1.165) is 12.3 Å². The molecule has 9 heteroatoms. The van der Waals surface area contributed by atoms with Crippen molar-refractivity contribution in [3.05, 3.63) is 59.7 Å². The summed E-state index contributed by atoms with van der Waals surface area (Å²) in [6.45, 7) is 1.81. The van der Waals surface area contributed by atoms with Crippen LogP contribution >= 0.6 is 0 Å². The lowest BCUT2D eigenvalue weighted by Crippen LogP contribution is -2.77. The van der Waals surface area contributed by atoms with Gasteiger partial charge in [-0.3, -0.25) is 9.59 Å². The van der Waals surface area contributed by atoms with E-state index in [9.17, 15) is 27.2 Å². The smallest absolute Gasteiger partial charge is 0.347 e. The van der Waals surface area contributed by atoms with Crippen molar-refractivity contribution in [2.45, 2.75) is 37.9 Å². The number of anilines is 1. The van der Waals surface area contributed by atoms with E-state index in [-0.39, 0.29) is 22.8 Å². The van der Waals surface area contributed by atoms with E-state index in [1.54, 1.807) is 0 Å². The highest BCUT2D eigenvalue weighted by Crippen LogP contribution is 2.70. The lowest BCUT2D eigenvalue weighted by Gasteiger charge is -2.72. The Morgan fingerprint density at radius 3 is 2.33 bits per heavy atom. The monoisotopic (exact) mass is 422 g/mol. The number of carbonyl (C=O) groups excluding carboxylic acids is 2. The number of amides is 2. The molecule has 1 aromatic heterocycles. The van der Waals surface area contributed by atoms with E-state index in [1.807, 2.05) is 6.92 Å². The minimum atomic E-state index is -4.57. The summed E-state index contributed by atoms with van der Waals surface area (Å²) in [4.78, 5) is 27.1. The van der Waals surface area contributed by atoms with Gasteiger partial charge in [-0.2, -0.15) is 13.2 Å². The molecule has 2 aromatic rings. The van der Waals surface area contributed by atoms with Crippen molar-refractivity contribution in [3.63, 3.8) is 0 Å². The van der Waals surface area contributed by atoms with Crippen molar-refractivity contribution < 1.29 is 32.1 Å². The molecule has 3 saturated carbocycles. The molecule has 1 heterocycles. The number of benzene rings is 1. The molecule has 5 rings (SSSR count). The molecule has 0 saturated heterocycles. The van der Waals surface area contributed by atoms with Gasteiger partial charge in [0.05, 0.1) is 5.56 Å². The van der Waals surface area contributed by atoms with Crippen molar-refractivity contribution in [2.75, 3.05) is 5.32 Å². The SMILES string of the molecule is C[C@H](C(=O)Nc1ccc(F)cc1)C12CC(NC(=O)c3cc[nH+]c(C(F)(F)F)c3)(C1)C2. The molecule has 3 aliphatic rings. The maximum Gasteiger partial charge on any atom is 0.477 e. The Hall–Kier alpha value is -2.97. The standard InChI is InChI=1S/C21H19F4N3O2/c1-12(17(29)27-15-4-2-14(22)3-5-15)19-9-20(10-19,11-19)28-18(30)13-6-7-26-16(8-13)21(23,24)25/h2-8,12H,9-11H2,1H3,(H,27,29)(H,28,30)/p+1/t12-,19?,20?/m1/s1. The summed E-state index contributed by atoms with van der Waals surface area (Å²) in [5.74, 6) is -1.46. The van der Waals surface area contributed by atoms with Gasteiger partial charge in [-0.1, -0.05) is 6.92 Å². The van der Waals surface area contributed by atoms with Crippen LogP contribution in [-0.4, -0.2) is 17.4 Å². The van der Waals surface area contributed by atoms with Crippen LogP contribution < -0.4 is 15.6 Å². The molecule has 1 aromatic carbocycles. The first-order valence-corrected chi connectivity index (χ1v) is 9.50. The molecule has 1 atom stereocenters. The zero-order valence-corrected chi connectivity index (χ0v) is 16.1. The van der Waals surface area contributed by atoms with Gasteiger partial charge < -0.3 is 10.6 Å². The minimum absolute atomic E-state index is 0.0676. The molecule has 3 aliphatic carbocycles. The molecule has 3 N–H and O–H groups in total. The number of pyridine rings is 1. The summed E-state index contributed by atoms with van der Waals surface area (Å²) < 4.78 is 51.5. The van der Waals surface area contributed by atoms with E-state index in [4.69, 9.17) is 0 Å². The molecule has 0 unspecified atom stereocenters. The van der Waals surface area contributed by atoms with Crippen LogP contribution in [0.15, 0.2) is 42.6 Å². The second kappa shape index (κ2) is 6.78. The summed E-state index contributed by atoms with van der Waals surface area (Å²) in [5.41, 5.74) is -1.26. The molecule has 30 heavy (non-hydrogen) atoms. The van der Waals surface area contributed by atoms with E-state index in [1.165, 1.54) is 30.3 Å². The Kier molecular flexibility index (Phi) is 4.59. The average molecular weight is 422 g/mol. The van der Waals surface area contributed by atoms with Crippen LogP contribution in [-0.2, 0) is 11.0 Å². The lowest BCUT2D eigenvalue weighted by molar-refractivity contribution is -0.425. The van der Waals surface area contributed by atoms with Crippen LogP contribution in [0, 0.1) is 17.2 Å². The Morgan fingerprint density at radius 1 is 1.10 bits per heavy atom. The number of carbonyl (C=O) groups is 2. The van der Waals surface area contributed by atoms with Crippen molar-refractivity contribution in [3.8, 4) is 0 Å². The van der Waals surface area contributed by atoms with Gasteiger partial charge in [0, 0.05) is 29.3 Å². The van der Waals surface area contributed by atoms with Crippen LogP contribution in [0.3, 0.4) is 0 Å². The second-order valence-corrected chi connectivity index (χ2v) is 8.33. The predicted molar refractivity (Wildman–Crippen MR) is 98.7 cm³/mol. The maximum atomic E-state index is 13.0. The Morgan fingerprint density at radius 2 is 1.73 bits per heavy atom. The highest BCUT2D eigenvalue weighted by Gasteiger charge is 2.71. The summed E-state index contributed by atoms with van der Waals surface area (Å²) in [5, 5.41) is 5.60. The van der Waals surface area contributed by atoms with E-state index in [2.05, 4.69) is 15.6 Å². The van der Waals surface area contributed by atoms with Crippen molar-refractivity contribution in [1.82, 2.24) is 5.32 Å². The maximum absolute atomic E-state index is 13.0. The first kappa shape index (κ1) is 20.3. The number of rotatable bonds is 5. The quantitative estimate of drug-likeness (QED) is 0.723. The fourth-order valence-corrected chi connectivity index (χ4v) is 4.60. The Bertz CT molecular complexity index is 984. The second-order valence-electron chi connectivity index (χ2n) is 8.33. The van der Waals surface area contributed by atoms with Gasteiger partial charge in [0.15, 0.2) is 6.20 Å². The summed E-state index contributed by atoms with van der Waals surface area (Å²) in [6.07, 6.45) is -1.70. The number of hydrogen-bond donors (Lipinski definition) is 2. The van der Waals surface area contributed by atoms with E-state index in [0.29, 0.717) is 24.9 Å². The topological polar surface area (TPSA) is 72.3 Å². The molecule has 0 aliphatic heterocycles. The highest BCUT2D eigenvalue weighted by atomic mass is 19.4. The number of hydrogen-bond acceptors (Lipinski definition) is 2. The zero-order valence-electron chi connectivity index (χ0n) is 16.1. The Labute approximate surface area is 169 Å². The van der Waals surface area contributed by atoms with Gasteiger partial charge in [-0.15, -0.1) is 0 Å². The zero-order chi connectivity index (χ0) is 21.7. The predicted octanol–water partition coefficient (Wildman–Crippen LogP) is 3.59. The van der Waals surface area contributed by atoms with Crippen LogP contribution in [0.2, 0.25) is 0 Å². The van der Waals surface area contributed by atoms with E-state index >= 15 is 0 Å². The number of halogens is 4. The molecule has 5 nitrogen and oxygen atoms in total. The van der Waals surface area contributed by atoms with Crippen molar-refractivity contribution in [1.29, 1.82) is 0 Å². The minimum Gasteiger partial charge on any atom is -0.347 e. The van der Waals surface area contributed by atoms with Crippen LogP contribution in [0.4, 0.5) is 23.2 Å². The number of aromatic amines is 1. The number of H-pyrrole nitrogens is 1. The fraction of sp³-hybridized carbons (Fsp3) is 0.381. The summed E-state index contributed by atoms with van der Waals surface area (Å²) in [7, 11) is 0. The highest BCUT2D eigenvalue weighted by molar-refractivity contribution is 5.96. The third-order valence-electron chi connectivity index (χ3n) is 6.24. The van der Waals surface area contributed by atoms with Gasteiger partial charge in [-0.05, 0) is 48.9 Å². The molecule has 0 spiro atoms. The molecule has 0 radical (unpaired) electrons. The molecule has 2 amide bonds. The number of nitrogens with one attached hydrogen (secondary N) is 3. The largest absolute Gasteiger partial charge is 0.477 e. The average Bonchev–Trinajstić information content (AvgIpc) is 2.64. The van der Waals surface area contributed by atoms with Gasteiger partial charge in [0.2, 0.25) is 5.91 Å². The summed E-state index contributed by atoms with van der Waals surface area (Å²) >= 11 is 0. The number of alkyl halides is 3. The molecule has 3 fully saturated rings. The van der Waals surface area contributed by atoms with Gasteiger partial charge in [0.25, 0.3) is 11.6 Å². The summed E-state index contributed by atoms with van der Waals surface area (Å²) in [6, 6.07) is 7.57. The van der Waals surface area contributed by atoms with Gasteiger partial charge in [-0.25, -0.2) is 9.37 Å². The molecule has 158 valence electrons. The first-order valence-electron chi connectivity index (χ1n) is 9.50. The van der Waals surface area contributed by atoms with E-state index < -0.39 is 29.1 Å². The van der Waals surface area contributed by atoms with Crippen LogP contribution in [0.1, 0.15) is 42.2 Å². The van der Waals surface area contributed by atoms with Gasteiger partial charge >= 0.3 is 6.18 Å². The third kappa shape index (κ3) is 3.53. The van der Waals surface area contributed by atoms with Crippen LogP contribution in [0.5, 0.6) is 0 Å².